The molecule has 0 radical (unpaired) electrons. The third-order valence-electron chi connectivity index (χ3n) is 2.96. The molecule has 122 valence electrons. The van der Waals surface area contributed by atoms with E-state index in [-0.39, 0.29) is 24.0 Å². The summed E-state index contributed by atoms with van der Waals surface area (Å²) >= 11 is 0. The molecule has 2 N–H and O–H groups in total. The highest BCUT2D eigenvalue weighted by Crippen LogP contribution is 1.94. The molecule has 0 aliphatic carbocycles. The molecule has 0 bridgehead atoms. The minimum absolute atomic E-state index is 0. The van der Waals surface area contributed by atoms with Gasteiger partial charge in [0, 0.05) is 33.1 Å². The van der Waals surface area contributed by atoms with E-state index in [0.717, 1.165) is 50.8 Å². The van der Waals surface area contributed by atoms with E-state index in [1.807, 2.05) is 0 Å². The predicted octanol–water partition coefficient (Wildman–Crippen LogP) is 0.575. The fourth-order valence-electron chi connectivity index (χ4n) is 1.86. The molecule has 1 aromatic rings. The van der Waals surface area contributed by atoms with Gasteiger partial charge in [0.25, 0.3) is 0 Å². The maximum absolute atomic E-state index is 4.21. The lowest BCUT2D eigenvalue weighted by atomic mass is 10.4. The highest BCUT2D eigenvalue weighted by atomic mass is 127. The van der Waals surface area contributed by atoms with E-state index in [9.17, 15) is 0 Å². The lowest BCUT2D eigenvalue weighted by Crippen LogP contribution is -2.39. The molecule has 0 amide bonds. The number of halogens is 1. The first kappa shape index (κ1) is 20.1. The number of hydrogen-bond donors (Lipinski definition) is 2. The first-order valence-electron chi connectivity index (χ1n) is 7.13. The van der Waals surface area contributed by atoms with Gasteiger partial charge in [-0.2, -0.15) is 0 Å². The molecule has 0 aliphatic heterocycles. The van der Waals surface area contributed by atoms with Crippen molar-refractivity contribution >= 4 is 29.9 Å². The number of hydrogen-bond acceptors (Lipinski definition) is 4. The van der Waals surface area contributed by atoms with Crippen LogP contribution in [0, 0.1) is 0 Å². The van der Waals surface area contributed by atoms with Crippen molar-refractivity contribution in [2.75, 3.05) is 40.8 Å². The third-order valence-corrected chi connectivity index (χ3v) is 2.96. The van der Waals surface area contributed by atoms with Crippen LogP contribution in [0.1, 0.15) is 19.2 Å². The SMILES string of the molecule is CCc1nncn1CCNC(=NC)NCCCN(C)C.I. The van der Waals surface area contributed by atoms with Gasteiger partial charge in [0.1, 0.15) is 12.2 Å². The Kier molecular flexibility index (Phi) is 11.2. The Morgan fingerprint density at radius 2 is 2.05 bits per heavy atom. The van der Waals surface area contributed by atoms with E-state index in [4.69, 9.17) is 0 Å². The molecule has 1 rings (SSSR count). The quantitative estimate of drug-likeness (QED) is 0.285. The van der Waals surface area contributed by atoms with Crippen molar-refractivity contribution in [1.82, 2.24) is 30.3 Å². The van der Waals surface area contributed by atoms with Gasteiger partial charge in [-0.05, 0) is 27.1 Å². The minimum atomic E-state index is 0. The van der Waals surface area contributed by atoms with Crippen molar-refractivity contribution in [3.8, 4) is 0 Å². The molecule has 21 heavy (non-hydrogen) atoms. The van der Waals surface area contributed by atoms with E-state index in [2.05, 4.69) is 56.3 Å². The van der Waals surface area contributed by atoms with Crippen LogP contribution in [-0.4, -0.2) is 66.4 Å². The van der Waals surface area contributed by atoms with Crippen LogP contribution in [0.2, 0.25) is 0 Å². The summed E-state index contributed by atoms with van der Waals surface area (Å²) in [7, 11) is 5.95. The number of aromatic nitrogens is 3. The standard InChI is InChI=1S/C13H27N7.HI/c1-5-12-18-17-11-20(12)10-8-16-13(14-2)15-7-6-9-19(3)4;/h11H,5-10H2,1-4H3,(H2,14,15,16);1H. The van der Waals surface area contributed by atoms with Crippen LogP contribution in [-0.2, 0) is 13.0 Å². The van der Waals surface area contributed by atoms with Crippen molar-refractivity contribution in [3.05, 3.63) is 12.2 Å². The van der Waals surface area contributed by atoms with Gasteiger partial charge in [0.05, 0.1) is 0 Å². The molecule has 1 heterocycles. The highest BCUT2D eigenvalue weighted by Gasteiger charge is 2.02. The molecular formula is C13H28IN7. The summed E-state index contributed by atoms with van der Waals surface area (Å²) < 4.78 is 2.06. The molecule has 0 fully saturated rings. The summed E-state index contributed by atoms with van der Waals surface area (Å²) in [6.45, 7) is 5.72. The Labute approximate surface area is 144 Å². The monoisotopic (exact) mass is 409 g/mol. The van der Waals surface area contributed by atoms with Gasteiger partial charge >= 0.3 is 0 Å². The second-order valence-corrected chi connectivity index (χ2v) is 4.88. The van der Waals surface area contributed by atoms with Crippen LogP contribution < -0.4 is 10.6 Å². The van der Waals surface area contributed by atoms with E-state index >= 15 is 0 Å². The van der Waals surface area contributed by atoms with Crippen LogP contribution >= 0.6 is 24.0 Å². The van der Waals surface area contributed by atoms with Crippen molar-refractivity contribution in [1.29, 1.82) is 0 Å². The molecule has 0 atom stereocenters. The summed E-state index contributed by atoms with van der Waals surface area (Å²) in [4.78, 5) is 6.38. The predicted molar refractivity (Wildman–Crippen MR) is 97.4 cm³/mol. The number of nitrogens with one attached hydrogen (secondary N) is 2. The average molecular weight is 409 g/mol. The van der Waals surface area contributed by atoms with E-state index in [1.165, 1.54) is 0 Å². The molecule has 0 aliphatic rings. The Morgan fingerprint density at radius 3 is 2.67 bits per heavy atom. The zero-order valence-corrected chi connectivity index (χ0v) is 15.8. The van der Waals surface area contributed by atoms with Gasteiger partial charge in [-0.1, -0.05) is 6.92 Å². The number of rotatable bonds is 8. The van der Waals surface area contributed by atoms with Crippen molar-refractivity contribution in [2.45, 2.75) is 26.3 Å². The molecule has 0 aromatic carbocycles. The topological polar surface area (TPSA) is 70.4 Å². The second-order valence-electron chi connectivity index (χ2n) is 4.88. The Morgan fingerprint density at radius 1 is 1.33 bits per heavy atom. The van der Waals surface area contributed by atoms with Crippen LogP contribution in [0.15, 0.2) is 11.3 Å². The summed E-state index contributed by atoms with van der Waals surface area (Å²) in [6, 6.07) is 0. The van der Waals surface area contributed by atoms with E-state index in [1.54, 1.807) is 13.4 Å². The van der Waals surface area contributed by atoms with Gasteiger partial charge in [0.15, 0.2) is 5.96 Å². The summed E-state index contributed by atoms with van der Waals surface area (Å²) in [5.74, 6) is 1.86. The van der Waals surface area contributed by atoms with Gasteiger partial charge in [-0.25, -0.2) is 0 Å². The van der Waals surface area contributed by atoms with Crippen molar-refractivity contribution < 1.29 is 0 Å². The summed E-state index contributed by atoms with van der Waals surface area (Å²) in [6.07, 6.45) is 3.77. The molecule has 7 nitrogen and oxygen atoms in total. The van der Waals surface area contributed by atoms with Gasteiger partial charge in [0.2, 0.25) is 0 Å². The molecule has 8 heteroatoms. The molecule has 1 aromatic heterocycles. The Hall–Kier alpha value is -0.900. The van der Waals surface area contributed by atoms with Crippen molar-refractivity contribution in [2.24, 2.45) is 4.99 Å². The molecule has 0 spiro atoms. The third kappa shape index (κ3) is 8.20. The number of aliphatic imine (C=N–C) groups is 1. The maximum Gasteiger partial charge on any atom is 0.191 e. The minimum Gasteiger partial charge on any atom is -0.356 e. The smallest absolute Gasteiger partial charge is 0.191 e. The average Bonchev–Trinajstić information content (AvgIpc) is 2.88. The van der Waals surface area contributed by atoms with Gasteiger partial charge < -0.3 is 20.1 Å². The van der Waals surface area contributed by atoms with Crippen LogP contribution in [0.25, 0.3) is 0 Å². The fraction of sp³-hybridized carbons (Fsp3) is 0.769. The largest absolute Gasteiger partial charge is 0.356 e. The van der Waals surface area contributed by atoms with Gasteiger partial charge in [-0.15, -0.1) is 34.2 Å². The van der Waals surface area contributed by atoms with Crippen molar-refractivity contribution in [3.63, 3.8) is 0 Å². The van der Waals surface area contributed by atoms with Gasteiger partial charge in [-0.3, -0.25) is 4.99 Å². The summed E-state index contributed by atoms with van der Waals surface area (Å²) in [5.41, 5.74) is 0. The maximum atomic E-state index is 4.21. The zero-order valence-electron chi connectivity index (χ0n) is 13.5. The van der Waals surface area contributed by atoms with Crippen LogP contribution in [0.3, 0.4) is 0 Å². The second kappa shape index (κ2) is 11.7. The highest BCUT2D eigenvalue weighted by molar-refractivity contribution is 14.0. The number of aryl methyl sites for hydroxylation is 1. The normalized spacial score (nSPS) is 11.4. The first-order chi connectivity index (χ1) is 9.67. The molecular weight excluding hydrogens is 381 g/mol. The van der Waals surface area contributed by atoms with E-state index < -0.39 is 0 Å². The number of nitrogens with zero attached hydrogens (tertiary/aromatic N) is 5. The first-order valence-corrected chi connectivity index (χ1v) is 7.13. The lowest BCUT2D eigenvalue weighted by Gasteiger charge is -2.14. The van der Waals surface area contributed by atoms with Crippen LogP contribution in [0.4, 0.5) is 0 Å². The zero-order chi connectivity index (χ0) is 14.8. The molecule has 0 unspecified atom stereocenters. The molecule has 0 saturated heterocycles. The lowest BCUT2D eigenvalue weighted by molar-refractivity contribution is 0.399. The summed E-state index contributed by atoms with van der Waals surface area (Å²) in [5, 5.41) is 14.6. The van der Waals surface area contributed by atoms with Crippen LogP contribution in [0.5, 0.6) is 0 Å². The molecule has 0 saturated carbocycles. The van der Waals surface area contributed by atoms with E-state index in [0.29, 0.717) is 0 Å². The number of guanidine groups is 1. The Balaban J connectivity index is 0.00000400. The Bertz CT molecular complexity index is 403. The fourth-order valence-corrected chi connectivity index (χ4v) is 1.86.